The van der Waals surface area contributed by atoms with Gasteiger partial charge in [-0.15, -0.1) is 0 Å². The van der Waals surface area contributed by atoms with Crippen LogP contribution in [0.5, 0.6) is 11.5 Å². The fourth-order valence-electron chi connectivity index (χ4n) is 1.72. The summed E-state index contributed by atoms with van der Waals surface area (Å²) >= 11 is 0. The minimum absolute atomic E-state index is 0.0293. The lowest BCUT2D eigenvalue weighted by Gasteiger charge is -2.07. The fraction of sp³-hybridized carbons (Fsp3) is 0.125. The van der Waals surface area contributed by atoms with Crippen LogP contribution in [-0.2, 0) is 9.84 Å². The highest BCUT2D eigenvalue weighted by atomic mass is 32.2. The molecule has 21 heavy (non-hydrogen) atoms. The number of rotatable bonds is 5. The number of aromatic hydroxyl groups is 1. The molecule has 5 heteroatoms. The van der Waals surface area contributed by atoms with Crippen LogP contribution >= 0.6 is 0 Å². The topological polar surface area (TPSA) is 63.6 Å². The first-order valence-electron chi connectivity index (χ1n) is 6.42. The van der Waals surface area contributed by atoms with E-state index in [-0.39, 0.29) is 15.5 Å². The van der Waals surface area contributed by atoms with Gasteiger partial charge in [0, 0.05) is 0 Å². The lowest BCUT2D eigenvalue weighted by molar-refractivity contribution is 0.362. The predicted octanol–water partition coefficient (Wildman–Crippen LogP) is 3.18. The maximum Gasteiger partial charge on any atom is 0.206 e. The van der Waals surface area contributed by atoms with Crippen molar-refractivity contribution in [2.24, 2.45) is 0 Å². The number of phenolic OH excluding ortho intramolecular Hbond substituents is 1. The molecule has 0 amide bonds. The lowest BCUT2D eigenvalue weighted by atomic mass is 10.3. The Hall–Kier alpha value is -2.27. The molecular weight excluding hydrogens is 288 g/mol. The number of phenols is 1. The van der Waals surface area contributed by atoms with E-state index < -0.39 is 9.84 Å². The van der Waals surface area contributed by atoms with Gasteiger partial charge in [0.2, 0.25) is 9.84 Å². The van der Waals surface area contributed by atoms with Crippen LogP contribution in [0.15, 0.2) is 70.5 Å². The van der Waals surface area contributed by atoms with Crippen LogP contribution in [0.25, 0.3) is 0 Å². The van der Waals surface area contributed by atoms with Crippen LogP contribution < -0.4 is 4.74 Å². The van der Waals surface area contributed by atoms with Gasteiger partial charge in [0.1, 0.15) is 18.1 Å². The monoisotopic (exact) mass is 304 g/mol. The van der Waals surface area contributed by atoms with E-state index in [0.29, 0.717) is 12.4 Å². The quantitative estimate of drug-likeness (QED) is 0.862. The minimum Gasteiger partial charge on any atom is -0.508 e. The summed E-state index contributed by atoms with van der Waals surface area (Å²) in [6, 6.07) is 11.7. The summed E-state index contributed by atoms with van der Waals surface area (Å²) < 4.78 is 30.2. The molecule has 0 aliphatic carbocycles. The average molecular weight is 304 g/mol. The van der Waals surface area contributed by atoms with Gasteiger partial charge >= 0.3 is 0 Å². The van der Waals surface area contributed by atoms with Gasteiger partial charge in [-0.1, -0.05) is 12.2 Å². The third-order valence-corrected chi connectivity index (χ3v) is 4.65. The van der Waals surface area contributed by atoms with Crippen molar-refractivity contribution < 1.29 is 18.3 Å². The first-order valence-corrected chi connectivity index (χ1v) is 7.90. The molecule has 0 saturated heterocycles. The Morgan fingerprint density at radius 1 is 1.00 bits per heavy atom. The van der Waals surface area contributed by atoms with Crippen molar-refractivity contribution in [1.82, 2.24) is 0 Å². The molecule has 4 nitrogen and oxygen atoms in total. The molecule has 0 aliphatic heterocycles. The molecule has 0 heterocycles. The molecule has 0 aliphatic rings. The summed E-state index contributed by atoms with van der Waals surface area (Å²) in [6.07, 6.45) is 3.74. The second-order valence-electron chi connectivity index (χ2n) is 4.35. The zero-order valence-electron chi connectivity index (χ0n) is 11.6. The lowest BCUT2D eigenvalue weighted by Crippen LogP contribution is -2.02. The second-order valence-corrected chi connectivity index (χ2v) is 6.30. The van der Waals surface area contributed by atoms with E-state index in [1.54, 1.807) is 12.1 Å². The molecule has 110 valence electrons. The van der Waals surface area contributed by atoms with Crippen LogP contribution in [0.4, 0.5) is 0 Å². The normalized spacial score (nSPS) is 11.7. The van der Waals surface area contributed by atoms with Gasteiger partial charge in [-0.05, 0) is 55.5 Å². The molecule has 2 aromatic rings. The van der Waals surface area contributed by atoms with Crippen molar-refractivity contribution >= 4 is 9.84 Å². The van der Waals surface area contributed by atoms with Gasteiger partial charge in [0.05, 0.1) is 9.79 Å². The number of ether oxygens (including phenoxy) is 1. The van der Waals surface area contributed by atoms with Crippen molar-refractivity contribution in [2.45, 2.75) is 16.7 Å². The average Bonchev–Trinajstić information content (AvgIpc) is 2.48. The summed E-state index contributed by atoms with van der Waals surface area (Å²) in [5, 5.41) is 9.22. The Balaban J connectivity index is 2.22. The first-order chi connectivity index (χ1) is 10.0. The van der Waals surface area contributed by atoms with Crippen LogP contribution in [0.2, 0.25) is 0 Å². The van der Waals surface area contributed by atoms with Gasteiger partial charge < -0.3 is 9.84 Å². The van der Waals surface area contributed by atoms with Crippen molar-refractivity contribution in [2.75, 3.05) is 6.61 Å². The SMILES string of the molecule is CC=CCOc1ccc(S(=O)(=O)c2ccc(O)cc2)cc1. The molecular formula is C16H16O4S. The molecule has 2 aromatic carbocycles. The molecule has 2 rings (SSSR count). The minimum atomic E-state index is -3.58. The Morgan fingerprint density at radius 3 is 2.05 bits per heavy atom. The molecule has 0 radical (unpaired) electrons. The molecule has 0 atom stereocenters. The van der Waals surface area contributed by atoms with Crippen molar-refractivity contribution in [3.63, 3.8) is 0 Å². The number of benzene rings is 2. The summed E-state index contributed by atoms with van der Waals surface area (Å²) in [7, 11) is -3.58. The van der Waals surface area contributed by atoms with Crippen LogP contribution in [0.1, 0.15) is 6.92 Å². The zero-order chi connectivity index (χ0) is 15.3. The summed E-state index contributed by atoms with van der Waals surface area (Å²) in [6.45, 7) is 2.34. The van der Waals surface area contributed by atoms with Crippen molar-refractivity contribution in [1.29, 1.82) is 0 Å². The molecule has 0 saturated carbocycles. The van der Waals surface area contributed by atoms with Gasteiger partial charge in [-0.2, -0.15) is 0 Å². The van der Waals surface area contributed by atoms with Crippen LogP contribution in [0, 0.1) is 0 Å². The number of hydrogen-bond donors (Lipinski definition) is 1. The van der Waals surface area contributed by atoms with E-state index in [1.807, 2.05) is 19.1 Å². The van der Waals surface area contributed by atoms with Gasteiger partial charge in [0.15, 0.2) is 0 Å². The van der Waals surface area contributed by atoms with E-state index in [0.717, 1.165) is 0 Å². The molecule has 1 N–H and O–H groups in total. The van der Waals surface area contributed by atoms with Crippen molar-refractivity contribution in [3.05, 3.63) is 60.7 Å². The smallest absolute Gasteiger partial charge is 0.206 e. The Bertz CT molecular complexity index is 714. The van der Waals surface area contributed by atoms with Gasteiger partial charge in [-0.25, -0.2) is 8.42 Å². The maximum atomic E-state index is 12.4. The number of hydrogen-bond acceptors (Lipinski definition) is 4. The van der Waals surface area contributed by atoms with E-state index in [4.69, 9.17) is 4.74 Å². The van der Waals surface area contributed by atoms with E-state index in [2.05, 4.69) is 0 Å². The summed E-state index contributed by atoms with van der Waals surface area (Å²) in [5.41, 5.74) is 0. The number of allylic oxidation sites excluding steroid dienone is 1. The highest BCUT2D eigenvalue weighted by Gasteiger charge is 2.17. The maximum absolute atomic E-state index is 12.4. The largest absolute Gasteiger partial charge is 0.508 e. The highest BCUT2D eigenvalue weighted by Crippen LogP contribution is 2.24. The Kier molecular flexibility index (Phi) is 4.65. The van der Waals surface area contributed by atoms with Gasteiger partial charge in [-0.3, -0.25) is 0 Å². The first kappa shape index (κ1) is 15.1. The van der Waals surface area contributed by atoms with Crippen LogP contribution in [0.3, 0.4) is 0 Å². The third kappa shape index (κ3) is 3.64. The van der Waals surface area contributed by atoms with E-state index in [1.165, 1.54) is 36.4 Å². The summed E-state index contributed by atoms with van der Waals surface area (Å²) in [5.74, 6) is 0.638. The molecule has 0 bridgehead atoms. The molecule has 0 aromatic heterocycles. The van der Waals surface area contributed by atoms with Gasteiger partial charge in [0.25, 0.3) is 0 Å². The molecule has 0 fully saturated rings. The van der Waals surface area contributed by atoms with Crippen molar-refractivity contribution in [3.8, 4) is 11.5 Å². The second kappa shape index (κ2) is 6.45. The Morgan fingerprint density at radius 2 is 1.52 bits per heavy atom. The summed E-state index contributed by atoms with van der Waals surface area (Å²) in [4.78, 5) is 0.328. The third-order valence-electron chi connectivity index (χ3n) is 2.86. The van der Waals surface area contributed by atoms with E-state index in [9.17, 15) is 13.5 Å². The predicted molar refractivity (Wildman–Crippen MR) is 80.3 cm³/mol. The fourth-order valence-corrected chi connectivity index (χ4v) is 2.98. The Labute approximate surface area is 124 Å². The molecule has 0 unspecified atom stereocenters. The van der Waals surface area contributed by atoms with E-state index >= 15 is 0 Å². The highest BCUT2D eigenvalue weighted by molar-refractivity contribution is 7.91. The molecule has 0 spiro atoms. The number of sulfone groups is 1. The van der Waals surface area contributed by atoms with Crippen LogP contribution in [-0.4, -0.2) is 20.1 Å². The zero-order valence-corrected chi connectivity index (χ0v) is 12.4. The standard InChI is InChI=1S/C16H16O4S/c1-2-3-12-20-14-6-10-16(11-7-14)21(18,19)15-8-4-13(17)5-9-15/h2-11,17H,12H2,1H3.